The molecule has 0 saturated carbocycles. The fourth-order valence-corrected chi connectivity index (χ4v) is 8.46. The van der Waals surface area contributed by atoms with E-state index in [1.165, 1.54) is 22.3 Å². The molecule has 3 aliphatic rings. The lowest BCUT2D eigenvalue weighted by Gasteiger charge is -2.39. The van der Waals surface area contributed by atoms with Crippen LogP contribution in [0.4, 0.5) is 5.69 Å². The SMILES string of the molecule is COc1ccc(C2(c3ccc(OC)cc3)C=Cc3c4c(c5cc(N6CCCC(CO)C6)c(OC)cc5c3O2)-c2ccccc2C4(C)C)cc1. The van der Waals surface area contributed by atoms with E-state index in [0.29, 0.717) is 0 Å². The van der Waals surface area contributed by atoms with Crippen molar-refractivity contribution in [2.45, 2.75) is 37.7 Å². The van der Waals surface area contributed by atoms with Gasteiger partial charge in [0.2, 0.25) is 0 Å². The molecule has 0 aromatic heterocycles. The lowest BCUT2D eigenvalue weighted by Crippen LogP contribution is -2.37. The quantitative estimate of drug-likeness (QED) is 0.190. The summed E-state index contributed by atoms with van der Waals surface area (Å²) in [4.78, 5) is 2.39. The number of aliphatic hydroxyl groups is 1. The van der Waals surface area contributed by atoms with E-state index in [1.807, 2.05) is 24.3 Å². The van der Waals surface area contributed by atoms with Crippen molar-refractivity contribution in [2.24, 2.45) is 5.92 Å². The second-order valence-electron chi connectivity index (χ2n) is 14.0. The van der Waals surface area contributed by atoms with Gasteiger partial charge in [0, 0.05) is 47.2 Å². The smallest absolute Gasteiger partial charge is 0.178 e. The van der Waals surface area contributed by atoms with E-state index in [9.17, 15) is 5.11 Å². The van der Waals surface area contributed by atoms with Crippen LogP contribution in [-0.4, -0.2) is 46.1 Å². The van der Waals surface area contributed by atoms with Gasteiger partial charge in [-0.1, -0.05) is 68.5 Å². The Labute approximate surface area is 288 Å². The van der Waals surface area contributed by atoms with Gasteiger partial charge in [-0.05, 0) is 88.9 Å². The molecule has 0 bridgehead atoms. The predicted octanol–water partition coefficient (Wildman–Crippen LogP) is 8.73. The van der Waals surface area contributed by atoms with Crippen LogP contribution >= 0.6 is 0 Å². The van der Waals surface area contributed by atoms with Crippen LogP contribution in [0.1, 0.15) is 54.5 Å². The first-order valence-electron chi connectivity index (χ1n) is 17.2. The summed E-state index contributed by atoms with van der Waals surface area (Å²) in [5.41, 5.74) is 8.04. The molecule has 0 radical (unpaired) electrons. The Balaban J connectivity index is 1.42. The summed E-state index contributed by atoms with van der Waals surface area (Å²) >= 11 is 0. The summed E-state index contributed by atoms with van der Waals surface area (Å²) in [5.74, 6) is 3.45. The lowest BCUT2D eigenvalue weighted by molar-refractivity contribution is 0.163. The average Bonchev–Trinajstić information content (AvgIpc) is 3.40. The Bertz CT molecular complexity index is 2030. The molecular formula is C43H43NO5. The molecule has 0 spiro atoms. The summed E-state index contributed by atoms with van der Waals surface area (Å²) in [6.45, 7) is 6.56. The highest BCUT2D eigenvalue weighted by molar-refractivity contribution is 6.10. The molecule has 5 aromatic carbocycles. The van der Waals surface area contributed by atoms with Gasteiger partial charge in [-0.3, -0.25) is 0 Å². The summed E-state index contributed by atoms with van der Waals surface area (Å²) in [5, 5.41) is 12.2. The largest absolute Gasteiger partial charge is 0.497 e. The van der Waals surface area contributed by atoms with Crippen molar-refractivity contribution in [3.05, 3.63) is 119 Å². The highest BCUT2D eigenvalue weighted by Crippen LogP contribution is 2.59. The van der Waals surface area contributed by atoms with Gasteiger partial charge in [-0.25, -0.2) is 0 Å². The number of methoxy groups -OCH3 is 3. The minimum atomic E-state index is -0.921. The molecule has 250 valence electrons. The normalized spacial score (nSPS) is 18.3. The zero-order chi connectivity index (χ0) is 33.9. The monoisotopic (exact) mass is 653 g/mol. The summed E-state index contributed by atoms with van der Waals surface area (Å²) in [7, 11) is 5.11. The van der Waals surface area contributed by atoms with Crippen LogP contribution in [0.3, 0.4) is 0 Å². The van der Waals surface area contributed by atoms with Crippen molar-refractivity contribution >= 4 is 22.5 Å². The Kier molecular flexibility index (Phi) is 7.60. The first-order chi connectivity index (χ1) is 23.8. The Morgan fingerprint density at radius 3 is 2.14 bits per heavy atom. The standard InChI is InChI=1S/C43H43NO5/c1-42(2)36-11-7-6-10-32(36)39-34-23-37(44-22-8-9-27(25-44)26-45)38(48-5)24-35(34)41-33(40(39)42)20-21-43(49-41,28-12-16-30(46-3)17-13-28)29-14-18-31(47-4)19-15-29/h6-7,10-21,23-24,27,45H,8-9,22,25-26H2,1-5H3. The van der Waals surface area contributed by atoms with Gasteiger partial charge < -0.3 is 29.0 Å². The number of piperidine rings is 1. The first-order valence-corrected chi connectivity index (χ1v) is 17.2. The number of ether oxygens (including phenoxy) is 4. The molecule has 49 heavy (non-hydrogen) atoms. The van der Waals surface area contributed by atoms with Gasteiger partial charge >= 0.3 is 0 Å². The van der Waals surface area contributed by atoms with Gasteiger partial charge in [-0.2, -0.15) is 0 Å². The minimum Gasteiger partial charge on any atom is -0.497 e. The molecule has 5 aromatic rings. The second kappa shape index (κ2) is 11.9. The second-order valence-corrected chi connectivity index (χ2v) is 14.0. The third kappa shape index (κ3) is 4.79. The molecule has 1 unspecified atom stereocenters. The fraction of sp³-hybridized carbons (Fsp3) is 0.302. The summed E-state index contributed by atoms with van der Waals surface area (Å²) < 4.78 is 24.8. The molecule has 1 fully saturated rings. The van der Waals surface area contributed by atoms with E-state index in [0.717, 1.165) is 82.1 Å². The molecule has 2 heterocycles. The molecule has 6 heteroatoms. The van der Waals surface area contributed by atoms with E-state index in [-0.39, 0.29) is 17.9 Å². The lowest BCUT2D eigenvalue weighted by atomic mass is 9.76. The van der Waals surface area contributed by atoms with E-state index in [1.54, 1.807) is 21.3 Å². The summed E-state index contributed by atoms with van der Waals surface area (Å²) in [6.07, 6.45) is 6.55. The van der Waals surface area contributed by atoms with Crippen LogP contribution < -0.4 is 23.8 Å². The number of benzene rings is 5. The van der Waals surface area contributed by atoms with Gasteiger partial charge in [-0.15, -0.1) is 0 Å². The van der Waals surface area contributed by atoms with Gasteiger partial charge in [0.05, 0.1) is 27.0 Å². The van der Waals surface area contributed by atoms with Crippen LogP contribution in [0.15, 0.2) is 91.0 Å². The fourth-order valence-electron chi connectivity index (χ4n) is 8.46. The number of anilines is 1. The van der Waals surface area contributed by atoms with Crippen molar-refractivity contribution in [3.63, 3.8) is 0 Å². The molecule has 1 atom stereocenters. The van der Waals surface area contributed by atoms with Crippen molar-refractivity contribution in [3.8, 4) is 34.1 Å². The van der Waals surface area contributed by atoms with Gasteiger partial charge in [0.25, 0.3) is 0 Å². The topological polar surface area (TPSA) is 60.4 Å². The van der Waals surface area contributed by atoms with Crippen molar-refractivity contribution < 1.29 is 24.1 Å². The molecule has 8 rings (SSSR count). The number of rotatable bonds is 7. The molecule has 1 saturated heterocycles. The molecule has 0 amide bonds. The number of hydrogen-bond donors (Lipinski definition) is 1. The van der Waals surface area contributed by atoms with Crippen LogP contribution in [0.5, 0.6) is 23.0 Å². The van der Waals surface area contributed by atoms with Gasteiger partial charge in [0.15, 0.2) is 5.60 Å². The van der Waals surface area contributed by atoms with E-state index >= 15 is 0 Å². The number of aliphatic hydroxyl groups excluding tert-OH is 1. The van der Waals surface area contributed by atoms with Crippen molar-refractivity contribution in [1.82, 2.24) is 0 Å². The average molecular weight is 654 g/mol. The number of nitrogens with zero attached hydrogens (tertiary/aromatic N) is 1. The van der Waals surface area contributed by atoms with Crippen molar-refractivity contribution in [2.75, 3.05) is 45.9 Å². The first kappa shape index (κ1) is 31.3. The zero-order valence-corrected chi connectivity index (χ0v) is 28.9. The van der Waals surface area contributed by atoms with Crippen LogP contribution in [0, 0.1) is 5.92 Å². The number of fused-ring (bicyclic) bond motifs is 8. The maximum atomic E-state index is 10.1. The molecule has 1 aliphatic carbocycles. The highest BCUT2D eigenvalue weighted by Gasteiger charge is 2.44. The van der Waals surface area contributed by atoms with Crippen LogP contribution in [-0.2, 0) is 11.0 Å². The predicted molar refractivity (Wildman–Crippen MR) is 197 cm³/mol. The molecule has 6 nitrogen and oxygen atoms in total. The molecular weight excluding hydrogens is 610 g/mol. The zero-order valence-electron chi connectivity index (χ0n) is 28.9. The van der Waals surface area contributed by atoms with Gasteiger partial charge in [0.1, 0.15) is 23.0 Å². The Hall–Kier alpha value is -4.94. The van der Waals surface area contributed by atoms with Crippen molar-refractivity contribution in [1.29, 1.82) is 0 Å². The summed E-state index contributed by atoms with van der Waals surface area (Å²) in [6, 6.07) is 29.6. The third-order valence-corrected chi connectivity index (χ3v) is 11.0. The van der Waals surface area contributed by atoms with E-state index in [4.69, 9.17) is 18.9 Å². The third-order valence-electron chi connectivity index (χ3n) is 11.0. The maximum Gasteiger partial charge on any atom is 0.178 e. The van der Waals surface area contributed by atoms with E-state index < -0.39 is 5.60 Å². The number of hydrogen-bond acceptors (Lipinski definition) is 6. The maximum absolute atomic E-state index is 10.1. The molecule has 1 N–H and O–H groups in total. The minimum absolute atomic E-state index is 0.190. The Morgan fingerprint density at radius 1 is 0.837 bits per heavy atom. The van der Waals surface area contributed by atoms with Crippen LogP contribution in [0.25, 0.3) is 28.0 Å². The highest BCUT2D eigenvalue weighted by atomic mass is 16.5. The van der Waals surface area contributed by atoms with Crippen LogP contribution in [0.2, 0.25) is 0 Å². The Morgan fingerprint density at radius 2 is 1.51 bits per heavy atom. The van der Waals surface area contributed by atoms with E-state index in [2.05, 4.69) is 91.6 Å². The molecule has 2 aliphatic heterocycles.